The van der Waals surface area contributed by atoms with E-state index < -0.39 is 0 Å². The number of benzene rings is 2. The zero-order chi connectivity index (χ0) is 19.1. The Balaban J connectivity index is 1.31. The lowest BCUT2D eigenvalue weighted by Gasteiger charge is -2.27. The Labute approximate surface area is 166 Å². The van der Waals surface area contributed by atoms with Crippen LogP contribution in [-0.2, 0) is 19.6 Å². The van der Waals surface area contributed by atoms with E-state index in [2.05, 4.69) is 76.2 Å². The van der Waals surface area contributed by atoms with Gasteiger partial charge in [-0.25, -0.2) is 0 Å². The molecule has 0 spiro atoms. The standard InChI is InChI=1S/C24H27N3O/c1-17-5-2-3-8-22(17)20-7-4-6-18(13-20)15-26-11-12-27-21(16-26)14-23(25-27)24(28)19-9-10-19/h2-8,13-14,19,24,28H,9-12,15-16H2,1H3/t24-/m0/s1. The van der Waals surface area contributed by atoms with Gasteiger partial charge in [-0.15, -0.1) is 0 Å². The first-order valence-corrected chi connectivity index (χ1v) is 10.3. The SMILES string of the molecule is Cc1ccccc1-c1cccc(CN2CCn3nc([C@@H](O)C4CC4)cc3C2)c1. The number of fused-ring (bicyclic) bond motifs is 1. The Morgan fingerprint density at radius 2 is 1.93 bits per heavy atom. The summed E-state index contributed by atoms with van der Waals surface area (Å²) in [6, 6.07) is 19.6. The van der Waals surface area contributed by atoms with Crippen LogP contribution in [0.4, 0.5) is 0 Å². The van der Waals surface area contributed by atoms with Crippen LogP contribution in [0.25, 0.3) is 11.1 Å². The topological polar surface area (TPSA) is 41.3 Å². The fourth-order valence-electron chi connectivity index (χ4n) is 4.27. The molecule has 0 radical (unpaired) electrons. The highest BCUT2D eigenvalue weighted by molar-refractivity contribution is 5.67. The Bertz CT molecular complexity index is 989. The third-order valence-corrected chi connectivity index (χ3v) is 6.06. The van der Waals surface area contributed by atoms with Crippen LogP contribution in [0.15, 0.2) is 54.6 Å². The van der Waals surface area contributed by atoms with Gasteiger partial charge in [-0.3, -0.25) is 9.58 Å². The van der Waals surface area contributed by atoms with Gasteiger partial charge in [0.05, 0.1) is 17.9 Å². The van der Waals surface area contributed by atoms with Crippen LogP contribution in [0.1, 0.15) is 41.5 Å². The minimum atomic E-state index is -0.377. The molecule has 1 N–H and O–H groups in total. The van der Waals surface area contributed by atoms with Crippen LogP contribution in [0.3, 0.4) is 0 Å². The highest BCUT2D eigenvalue weighted by atomic mass is 16.3. The molecule has 1 fully saturated rings. The molecule has 0 unspecified atom stereocenters. The van der Waals surface area contributed by atoms with Gasteiger partial charge in [0.2, 0.25) is 0 Å². The molecule has 28 heavy (non-hydrogen) atoms. The van der Waals surface area contributed by atoms with Crippen LogP contribution >= 0.6 is 0 Å². The number of rotatable bonds is 5. The maximum Gasteiger partial charge on any atom is 0.101 e. The summed E-state index contributed by atoms with van der Waals surface area (Å²) in [6.45, 7) is 5.87. The van der Waals surface area contributed by atoms with Crippen molar-refractivity contribution >= 4 is 0 Å². The highest BCUT2D eigenvalue weighted by Gasteiger charge is 2.33. The lowest BCUT2D eigenvalue weighted by molar-refractivity contribution is 0.147. The summed E-state index contributed by atoms with van der Waals surface area (Å²) in [4.78, 5) is 2.47. The number of aliphatic hydroxyl groups is 1. The molecular weight excluding hydrogens is 346 g/mol. The average molecular weight is 374 g/mol. The Hall–Kier alpha value is -2.43. The van der Waals surface area contributed by atoms with E-state index in [0.29, 0.717) is 5.92 Å². The van der Waals surface area contributed by atoms with Gasteiger partial charge in [-0.05, 0) is 60.1 Å². The number of aryl methyl sites for hydroxylation is 1. The summed E-state index contributed by atoms with van der Waals surface area (Å²) < 4.78 is 2.08. The van der Waals surface area contributed by atoms with Crippen molar-refractivity contribution in [3.05, 3.63) is 77.1 Å². The minimum Gasteiger partial charge on any atom is -0.386 e. The molecule has 4 nitrogen and oxygen atoms in total. The summed E-state index contributed by atoms with van der Waals surface area (Å²) in [5.41, 5.74) is 7.32. The van der Waals surface area contributed by atoms with Gasteiger partial charge in [0.25, 0.3) is 0 Å². The van der Waals surface area contributed by atoms with Gasteiger partial charge in [0.1, 0.15) is 6.10 Å². The molecule has 1 aliphatic carbocycles. The van der Waals surface area contributed by atoms with Gasteiger partial charge in [-0.1, -0.05) is 42.5 Å². The van der Waals surface area contributed by atoms with E-state index in [4.69, 9.17) is 0 Å². The van der Waals surface area contributed by atoms with E-state index in [9.17, 15) is 5.11 Å². The Morgan fingerprint density at radius 3 is 2.75 bits per heavy atom. The summed E-state index contributed by atoms with van der Waals surface area (Å²) in [5.74, 6) is 0.428. The molecule has 1 saturated carbocycles. The van der Waals surface area contributed by atoms with E-state index in [1.165, 1.54) is 27.9 Å². The highest BCUT2D eigenvalue weighted by Crippen LogP contribution is 2.40. The largest absolute Gasteiger partial charge is 0.386 e. The van der Waals surface area contributed by atoms with Crippen molar-refractivity contribution in [3.63, 3.8) is 0 Å². The molecule has 1 aliphatic heterocycles. The lowest BCUT2D eigenvalue weighted by Crippen LogP contribution is -2.33. The molecule has 1 aromatic heterocycles. The molecule has 2 heterocycles. The van der Waals surface area contributed by atoms with Crippen LogP contribution < -0.4 is 0 Å². The van der Waals surface area contributed by atoms with E-state index >= 15 is 0 Å². The molecule has 2 aliphatic rings. The monoisotopic (exact) mass is 373 g/mol. The molecule has 5 rings (SSSR count). The zero-order valence-corrected chi connectivity index (χ0v) is 16.4. The number of aliphatic hydroxyl groups excluding tert-OH is 1. The molecule has 1 atom stereocenters. The van der Waals surface area contributed by atoms with Gasteiger partial charge in [-0.2, -0.15) is 5.10 Å². The fourth-order valence-corrected chi connectivity index (χ4v) is 4.27. The van der Waals surface area contributed by atoms with Gasteiger partial charge in [0.15, 0.2) is 0 Å². The van der Waals surface area contributed by atoms with Crippen molar-refractivity contribution in [2.45, 2.75) is 45.5 Å². The van der Waals surface area contributed by atoms with E-state index in [1.54, 1.807) is 0 Å². The number of hydrogen-bond donors (Lipinski definition) is 1. The zero-order valence-electron chi connectivity index (χ0n) is 16.4. The van der Waals surface area contributed by atoms with Gasteiger partial charge >= 0.3 is 0 Å². The lowest BCUT2D eigenvalue weighted by atomic mass is 9.99. The second kappa shape index (κ2) is 7.19. The molecule has 144 valence electrons. The van der Waals surface area contributed by atoms with Gasteiger partial charge in [0, 0.05) is 19.6 Å². The van der Waals surface area contributed by atoms with Gasteiger partial charge < -0.3 is 5.11 Å². The number of nitrogens with zero attached hydrogens (tertiary/aromatic N) is 3. The maximum absolute atomic E-state index is 10.4. The van der Waals surface area contributed by atoms with Crippen molar-refractivity contribution < 1.29 is 5.11 Å². The fraction of sp³-hybridized carbons (Fsp3) is 0.375. The third kappa shape index (κ3) is 3.50. The average Bonchev–Trinajstić information content (AvgIpc) is 3.47. The van der Waals surface area contributed by atoms with E-state index in [0.717, 1.165) is 44.7 Å². The molecule has 0 saturated heterocycles. The second-order valence-electron chi connectivity index (χ2n) is 8.29. The summed E-state index contributed by atoms with van der Waals surface area (Å²) in [5, 5.41) is 15.0. The van der Waals surface area contributed by atoms with Crippen molar-refractivity contribution in [1.82, 2.24) is 14.7 Å². The predicted molar refractivity (Wildman–Crippen MR) is 111 cm³/mol. The number of aromatic nitrogens is 2. The van der Waals surface area contributed by atoms with Crippen molar-refractivity contribution in [2.75, 3.05) is 6.54 Å². The van der Waals surface area contributed by atoms with Crippen LogP contribution in [0.5, 0.6) is 0 Å². The van der Waals surface area contributed by atoms with Crippen molar-refractivity contribution in [3.8, 4) is 11.1 Å². The summed E-state index contributed by atoms with van der Waals surface area (Å²) in [6.07, 6.45) is 1.89. The summed E-state index contributed by atoms with van der Waals surface area (Å²) in [7, 11) is 0. The maximum atomic E-state index is 10.4. The first kappa shape index (κ1) is 17.7. The second-order valence-corrected chi connectivity index (χ2v) is 8.29. The third-order valence-electron chi connectivity index (χ3n) is 6.06. The molecule has 2 aromatic carbocycles. The number of hydrogen-bond acceptors (Lipinski definition) is 3. The Kier molecular flexibility index (Phi) is 4.53. The summed E-state index contributed by atoms with van der Waals surface area (Å²) >= 11 is 0. The normalized spacial score (nSPS) is 18.1. The Morgan fingerprint density at radius 1 is 1.07 bits per heavy atom. The molecule has 0 amide bonds. The smallest absolute Gasteiger partial charge is 0.101 e. The van der Waals surface area contributed by atoms with Crippen LogP contribution in [0.2, 0.25) is 0 Å². The van der Waals surface area contributed by atoms with Crippen LogP contribution in [-0.4, -0.2) is 26.3 Å². The minimum absolute atomic E-state index is 0.377. The first-order valence-electron chi connectivity index (χ1n) is 10.3. The molecule has 4 heteroatoms. The van der Waals surface area contributed by atoms with E-state index in [-0.39, 0.29) is 6.10 Å². The van der Waals surface area contributed by atoms with Crippen LogP contribution in [0, 0.1) is 12.8 Å². The molecule has 3 aromatic rings. The first-order chi connectivity index (χ1) is 13.7. The quantitative estimate of drug-likeness (QED) is 0.724. The van der Waals surface area contributed by atoms with Crippen molar-refractivity contribution in [2.24, 2.45) is 5.92 Å². The predicted octanol–water partition coefficient (Wildman–Crippen LogP) is 4.32. The van der Waals surface area contributed by atoms with Crippen molar-refractivity contribution in [1.29, 1.82) is 0 Å². The molecular formula is C24H27N3O. The molecule has 0 bridgehead atoms. The van der Waals surface area contributed by atoms with E-state index in [1.807, 2.05) is 0 Å².